The van der Waals surface area contributed by atoms with Gasteiger partial charge >= 0.3 is 6.03 Å². The number of fused-ring (bicyclic) bond motifs is 1. The average Bonchev–Trinajstić information content (AvgIpc) is 3.33. The van der Waals surface area contributed by atoms with E-state index in [2.05, 4.69) is 41.7 Å². The number of nitrogens with one attached hydrogen (secondary N) is 4. The van der Waals surface area contributed by atoms with Crippen molar-refractivity contribution in [3.05, 3.63) is 12.7 Å². The molecule has 0 aromatic rings. The first kappa shape index (κ1) is 38.0. The van der Waals surface area contributed by atoms with Crippen molar-refractivity contribution in [2.45, 2.75) is 98.8 Å². The molecule has 6 amide bonds. The van der Waals surface area contributed by atoms with Crippen molar-refractivity contribution in [1.29, 1.82) is 0 Å². The van der Waals surface area contributed by atoms with Crippen LogP contribution in [0.25, 0.3) is 0 Å². The van der Waals surface area contributed by atoms with E-state index in [0.717, 1.165) is 6.42 Å². The van der Waals surface area contributed by atoms with E-state index in [-0.39, 0.29) is 42.0 Å². The van der Waals surface area contributed by atoms with Gasteiger partial charge in [-0.15, -0.1) is 6.58 Å². The smallest absolute Gasteiger partial charge is 0.316 e. The van der Waals surface area contributed by atoms with E-state index in [1.165, 1.54) is 11.0 Å². The number of Topliss-reactive ketones (excluding diaryl/α,β-unsaturated/α-hetero) is 1. The van der Waals surface area contributed by atoms with Gasteiger partial charge in [0, 0.05) is 26.2 Å². The molecule has 1 saturated carbocycles. The molecule has 3 rings (SSSR count). The summed E-state index contributed by atoms with van der Waals surface area (Å²) in [5.41, 5.74) is -0.947. The van der Waals surface area contributed by atoms with Gasteiger partial charge < -0.3 is 35.8 Å². The minimum absolute atomic E-state index is 0.0637. The Kier molecular flexibility index (Phi) is 12.6. The Morgan fingerprint density at radius 2 is 1.64 bits per heavy atom. The van der Waals surface area contributed by atoms with Gasteiger partial charge in [-0.1, -0.05) is 74.3 Å². The van der Waals surface area contributed by atoms with Crippen LogP contribution >= 0.6 is 0 Å². The summed E-state index contributed by atoms with van der Waals surface area (Å²) in [6.07, 6.45) is 3.13. The van der Waals surface area contributed by atoms with Crippen LogP contribution in [0, 0.1) is 28.6 Å². The largest absolute Gasteiger partial charge is 0.378 e. The Bertz CT molecular complexity index is 1210. The third-order valence-corrected chi connectivity index (χ3v) is 9.80. The predicted molar refractivity (Wildman–Crippen MR) is 177 cm³/mol. The topological polar surface area (TPSA) is 166 Å². The normalized spacial score (nSPS) is 23.6. The number of amides is 6. The number of morpholine rings is 1. The molecule has 0 bridgehead atoms. The van der Waals surface area contributed by atoms with Crippen LogP contribution in [0.5, 0.6) is 0 Å². The molecule has 47 heavy (non-hydrogen) atoms. The van der Waals surface area contributed by atoms with E-state index in [4.69, 9.17) is 4.74 Å². The number of urea groups is 1. The van der Waals surface area contributed by atoms with Gasteiger partial charge in [-0.05, 0) is 35.0 Å². The van der Waals surface area contributed by atoms with E-state index in [1.807, 2.05) is 41.5 Å². The Balaban J connectivity index is 1.81. The first-order valence-electron chi connectivity index (χ1n) is 16.9. The Morgan fingerprint density at radius 1 is 1.00 bits per heavy atom. The molecule has 0 aromatic heterocycles. The lowest BCUT2D eigenvalue weighted by molar-refractivity contribution is -0.145. The van der Waals surface area contributed by atoms with E-state index in [9.17, 15) is 28.8 Å². The summed E-state index contributed by atoms with van der Waals surface area (Å²) in [5.74, 6) is -2.95. The zero-order chi connectivity index (χ0) is 35.3. The average molecular weight is 661 g/mol. The number of carbonyl (C=O) groups excluding carboxylic acids is 6. The maximum absolute atomic E-state index is 14.3. The number of nitrogens with zero attached hydrogens (tertiary/aromatic N) is 2. The quantitative estimate of drug-likeness (QED) is 0.162. The third-order valence-electron chi connectivity index (χ3n) is 9.80. The lowest BCUT2D eigenvalue weighted by atomic mass is 9.85. The number of carbonyl (C=O) groups is 6. The van der Waals surface area contributed by atoms with Crippen molar-refractivity contribution >= 4 is 35.4 Å². The van der Waals surface area contributed by atoms with Gasteiger partial charge in [0.1, 0.15) is 18.1 Å². The molecule has 13 nitrogen and oxygen atoms in total. The van der Waals surface area contributed by atoms with Crippen LogP contribution in [0.2, 0.25) is 0 Å². The van der Waals surface area contributed by atoms with Gasteiger partial charge in [-0.25, -0.2) is 4.79 Å². The highest BCUT2D eigenvalue weighted by Crippen LogP contribution is 2.65. The fourth-order valence-corrected chi connectivity index (χ4v) is 6.78. The summed E-state index contributed by atoms with van der Waals surface area (Å²) in [6, 6.07) is -4.39. The molecule has 2 heterocycles. The van der Waals surface area contributed by atoms with Gasteiger partial charge in [0.05, 0.1) is 19.3 Å². The van der Waals surface area contributed by atoms with Crippen molar-refractivity contribution in [2.24, 2.45) is 28.6 Å². The number of piperidine rings is 1. The van der Waals surface area contributed by atoms with Crippen molar-refractivity contribution < 1.29 is 33.5 Å². The SMILES string of the molecule is C=CCNC(=O)C(=O)C(CCCC)NC(=O)[C@@H]1[C@@H]2[C@H](CN1C(=O)[C@@H](NC(=O)N[C@H](C(=O)N1CCOCC1)C(C)C)C(C)(C)C)C2(C)C. The fourth-order valence-electron chi connectivity index (χ4n) is 6.78. The minimum atomic E-state index is -1.04. The molecule has 6 atom stereocenters. The minimum Gasteiger partial charge on any atom is -0.378 e. The number of unbranched alkanes of at least 4 members (excludes halogenated alkanes) is 1. The second kappa shape index (κ2) is 15.6. The molecule has 3 fully saturated rings. The summed E-state index contributed by atoms with van der Waals surface area (Å²) in [4.78, 5) is 83.7. The van der Waals surface area contributed by atoms with Crippen LogP contribution in [0.4, 0.5) is 4.79 Å². The molecule has 0 aromatic carbocycles. The molecule has 13 heteroatoms. The molecule has 1 unspecified atom stereocenters. The van der Waals surface area contributed by atoms with E-state index in [0.29, 0.717) is 39.3 Å². The number of ketones is 1. The molecule has 0 radical (unpaired) electrons. The van der Waals surface area contributed by atoms with Crippen LogP contribution in [-0.2, 0) is 28.7 Å². The summed E-state index contributed by atoms with van der Waals surface area (Å²) < 4.78 is 5.36. The number of likely N-dealkylation sites (tertiary alicyclic amines) is 1. The molecule has 264 valence electrons. The highest BCUT2D eigenvalue weighted by atomic mass is 16.5. The molecular weight excluding hydrogens is 604 g/mol. The standard InChI is InChI=1S/C34H56N6O7/c1-10-12-13-22(26(41)29(43)35-14-11-2)36-28(42)25-23-21(34(23,8)9)19-40(25)31(45)27(33(5,6)7)38-32(46)37-24(20(3)4)30(44)39-15-17-47-18-16-39/h11,20-25,27H,2,10,12-19H2,1,3-9H3,(H,35,43)(H,36,42)(H2,37,38,46)/t21-,22?,23-,24-,25-,27+/m0/s1. The lowest BCUT2D eigenvalue weighted by Gasteiger charge is -2.38. The fraction of sp³-hybridized carbons (Fsp3) is 0.765. The van der Waals surface area contributed by atoms with E-state index in [1.54, 1.807) is 4.90 Å². The number of hydrogen-bond acceptors (Lipinski definition) is 7. The van der Waals surface area contributed by atoms with E-state index >= 15 is 0 Å². The summed E-state index contributed by atoms with van der Waals surface area (Å²) in [6.45, 7) is 21.0. The van der Waals surface area contributed by atoms with Gasteiger partial charge in [0.15, 0.2) is 0 Å². The molecule has 2 aliphatic heterocycles. The first-order valence-corrected chi connectivity index (χ1v) is 16.9. The van der Waals surface area contributed by atoms with Crippen molar-refractivity contribution in [3.8, 4) is 0 Å². The number of ether oxygens (including phenoxy) is 1. The third kappa shape index (κ3) is 8.91. The maximum atomic E-state index is 14.3. The van der Waals surface area contributed by atoms with Gasteiger partial charge in [0.25, 0.3) is 5.91 Å². The lowest BCUT2D eigenvalue weighted by Crippen LogP contribution is -2.63. The predicted octanol–water partition coefficient (Wildman–Crippen LogP) is 1.61. The molecule has 3 aliphatic rings. The van der Waals surface area contributed by atoms with Crippen LogP contribution in [-0.4, -0.2) is 109 Å². The molecule has 4 N–H and O–H groups in total. The van der Waals surface area contributed by atoms with E-state index < -0.39 is 59.1 Å². The van der Waals surface area contributed by atoms with Crippen LogP contribution in [0.1, 0.15) is 74.7 Å². The summed E-state index contributed by atoms with van der Waals surface area (Å²) in [5, 5.41) is 10.9. The van der Waals surface area contributed by atoms with Crippen molar-refractivity contribution in [2.75, 3.05) is 39.4 Å². The highest BCUT2D eigenvalue weighted by Gasteiger charge is 2.70. The molecule has 2 saturated heterocycles. The van der Waals surface area contributed by atoms with Gasteiger partial charge in [-0.3, -0.25) is 24.0 Å². The van der Waals surface area contributed by atoms with Gasteiger partial charge in [-0.2, -0.15) is 0 Å². The van der Waals surface area contributed by atoms with Crippen LogP contribution in [0.3, 0.4) is 0 Å². The Labute approximate surface area is 279 Å². The zero-order valence-corrected chi connectivity index (χ0v) is 29.4. The van der Waals surface area contributed by atoms with Crippen LogP contribution < -0.4 is 21.3 Å². The highest BCUT2D eigenvalue weighted by molar-refractivity contribution is 6.38. The number of rotatable bonds is 14. The first-order chi connectivity index (χ1) is 22.0. The summed E-state index contributed by atoms with van der Waals surface area (Å²) >= 11 is 0. The maximum Gasteiger partial charge on any atom is 0.316 e. The summed E-state index contributed by atoms with van der Waals surface area (Å²) in [7, 11) is 0. The number of hydrogen-bond donors (Lipinski definition) is 4. The second-order valence-electron chi connectivity index (χ2n) is 15.0. The van der Waals surface area contributed by atoms with Gasteiger partial charge in [0.2, 0.25) is 23.5 Å². The van der Waals surface area contributed by atoms with Crippen LogP contribution in [0.15, 0.2) is 12.7 Å². The molecule has 1 aliphatic carbocycles. The Morgan fingerprint density at radius 3 is 2.19 bits per heavy atom. The van der Waals surface area contributed by atoms with Crippen molar-refractivity contribution in [1.82, 2.24) is 31.1 Å². The molecular formula is C34H56N6O7. The second-order valence-corrected chi connectivity index (χ2v) is 15.0. The zero-order valence-electron chi connectivity index (χ0n) is 29.4. The monoisotopic (exact) mass is 660 g/mol. The van der Waals surface area contributed by atoms with Crippen molar-refractivity contribution in [3.63, 3.8) is 0 Å². The molecule has 0 spiro atoms. The Hall–Kier alpha value is -3.48.